The number of halogens is 3. The van der Waals surface area contributed by atoms with Gasteiger partial charge < -0.3 is 5.73 Å². The Labute approximate surface area is 116 Å². The summed E-state index contributed by atoms with van der Waals surface area (Å²) in [6.45, 7) is 0. The van der Waals surface area contributed by atoms with E-state index in [2.05, 4.69) is 0 Å². The topological polar surface area (TPSA) is 63.4 Å². The first-order valence-corrected chi connectivity index (χ1v) is 5.83. The lowest BCUT2D eigenvalue weighted by molar-refractivity contribution is 0.0924. The maximum Gasteiger partial charge on any atom is 0.266 e. The van der Waals surface area contributed by atoms with Crippen LogP contribution in [0.1, 0.15) is 20.7 Å². The molecule has 7 heteroatoms. The molecule has 0 aromatic heterocycles. The molecular weight excluding hydrogens is 285 g/mol. The van der Waals surface area contributed by atoms with Crippen molar-refractivity contribution in [3.8, 4) is 0 Å². The molecule has 0 unspecified atom stereocenters. The minimum Gasteiger partial charge on any atom is -0.399 e. The number of carbonyl (C=O) groups excluding carboxylic acids is 2. The van der Waals surface area contributed by atoms with Gasteiger partial charge in [-0.1, -0.05) is 0 Å². The van der Waals surface area contributed by atoms with Crippen molar-refractivity contribution >= 4 is 23.2 Å². The van der Waals surface area contributed by atoms with Crippen molar-refractivity contribution in [3.05, 3.63) is 58.9 Å². The van der Waals surface area contributed by atoms with E-state index in [1.165, 1.54) is 18.2 Å². The molecule has 0 saturated heterocycles. The van der Waals surface area contributed by atoms with Gasteiger partial charge in [-0.2, -0.15) is 0 Å². The minimum absolute atomic E-state index is 0.0101. The Kier molecular flexibility index (Phi) is 2.72. The van der Waals surface area contributed by atoms with Crippen LogP contribution in [0.5, 0.6) is 0 Å². The maximum atomic E-state index is 13.8. The van der Waals surface area contributed by atoms with Gasteiger partial charge in [-0.05, 0) is 18.2 Å². The van der Waals surface area contributed by atoms with E-state index in [1.54, 1.807) is 0 Å². The van der Waals surface area contributed by atoms with Gasteiger partial charge in [0.05, 0.1) is 16.8 Å². The summed E-state index contributed by atoms with van der Waals surface area (Å²) in [5.41, 5.74) is 5.16. The lowest BCUT2D eigenvalue weighted by atomic mass is 10.1. The van der Waals surface area contributed by atoms with Crippen molar-refractivity contribution in [2.45, 2.75) is 0 Å². The molecule has 0 saturated carbocycles. The van der Waals surface area contributed by atoms with Crippen LogP contribution in [0, 0.1) is 17.5 Å². The molecule has 0 atom stereocenters. The number of benzene rings is 2. The SMILES string of the molecule is Nc1ccc2c(c1)C(=O)N(c1cc(F)c(F)cc1F)C2=O. The zero-order valence-corrected chi connectivity index (χ0v) is 10.4. The Bertz CT molecular complexity index is 805. The van der Waals surface area contributed by atoms with Crippen molar-refractivity contribution in [2.24, 2.45) is 0 Å². The summed E-state index contributed by atoms with van der Waals surface area (Å²) >= 11 is 0. The van der Waals surface area contributed by atoms with Crippen LogP contribution in [0.4, 0.5) is 24.5 Å². The zero-order chi connectivity index (χ0) is 15.3. The van der Waals surface area contributed by atoms with Crippen LogP contribution in [0.3, 0.4) is 0 Å². The number of carbonyl (C=O) groups is 2. The number of anilines is 2. The van der Waals surface area contributed by atoms with E-state index in [4.69, 9.17) is 5.73 Å². The third-order valence-electron chi connectivity index (χ3n) is 3.14. The fourth-order valence-corrected chi connectivity index (χ4v) is 2.16. The second kappa shape index (κ2) is 4.34. The first-order valence-electron chi connectivity index (χ1n) is 5.83. The molecule has 0 fully saturated rings. The van der Waals surface area contributed by atoms with E-state index < -0.39 is 35.0 Å². The quantitative estimate of drug-likeness (QED) is 0.499. The van der Waals surface area contributed by atoms with Gasteiger partial charge in [0.1, 0.15) is 0 Å². The molecular formula is C14H7F3N2O2. The molecule has 0 bridgehead atoms. The molecule has 106 valence electrons. The van der Waals surface area contributed by atoms with E-state index in [1.807, 2.05) is 0 Å². The van der Waals surface area contributed by atoms with Crippen molar-refractivity contribution in [3.63, 3.8) is 0 Å². The number of rotatable bonds is 1. The fraction of sp³-hybridized carbons (Fsp3) is 0. The second-order valence-electron chi connectivity index (χ2n) is 4.47. The summed E-state index contributed by atoms with van der Waals surface area (Å²) in [6, 6.07) is 4.75. The molecule has 2 aromatic rings. The first kappa shape index (κ1) is 13.2. The lowest BCUT2D eigenvalue weighted by Crippen LogP contribution is -2.30. The molecule has 2 N–H and O–H groups in total. The molecule has 0 spiro atoms. The third kappa shape index (κ3) is 1.85. The molecule has 2 aromatic carbocycles. The second-order valence-corrected chi connectivity index (χ2v) is 4.47. The number of nitrogens with zero attached hydrogens (tertiary/aromatic N) is 1. The highest BCUT2D eigenvalue weighted by Crippen LogP contribution is 2.32. The van der Waals surface area contributed by atoms with E-state index in [0.29, 0.717) is 11.0 Å². The summed E-state index contributed by atoms with van der Waals surface area (Å²) in [4.78, 5) is 24.8. The number of amides is 2. The Morgan fingerprint density at radius 2 is 1.43 bits per heavy atom. The molecule has 1 aliphatic rings. The minimum atomic E-state index is -1.41. The van der Waals surface area contributed by atoms with Crippen LogP contribution in [0.25, 0.3) is 0 Å². The lowest BCUT2D eigenvalue weighted by Gasteiger charge is -2.14. The van der Waals surface area contributed by atoms with Gasteiger partial charge in [0.2, 0.25) is 0 Å². The highest BCUT2D eigenvalue weighted by molar-refractivity contribution is 6.34. The molecule has 1 heterocycles. The van der Waals surface area contributed by atoms with Crippen molar-refractivity contribution in [1.29, 1.82) is 0 Å². The van der Waals surface area contributed by atoms with Gasteiger partial charge in [-0.15, -0.1) is 0 Å². The van der Waals surface area contributed by atoms with Crippen LogP contribution in [-0.2, 0) is 0 Å². The third-order valence-corrected chi connectivity index (χ3v) is 3.14. The van der Waals surface area contributed by atoms with Crippen molar-refractivity contribution in [1.82, 2.24) is 0 Å². The number of nitrogen functional groups attached to an aromatic ring is 1. The first-order chi connectivity index (χ1) is 9.90. The summed E-state index contributed by atoms with van der Waals surface area (Å²) in [5, 5.41) is 0. The smallest absolute Gasteiger partial charge is 0.266 e. The van der Waals surface area contributed by atoms with E-state index in [-0.39, 0.29) is 22.9 Å². The number of nitrogens with two attached hydrogens (primary N) is 1. The normalized spacial score (nSPS) is 13.8. The van der Waals surface area contributed by atoms with Crippen molar-refractivity contribution in [2.75, 3.05) is 10.6 Å². The molecule has 0 aliphatic carbocycles. The summed E-state index contributed by atoms with van der Waals surface area (Å²) < 4.78 is 39.9. The Balaban J connectivity index is 2.16. The van der Waals surface area contributed by atoms with Gasteiger partial charge in [-0.3, -0.25) is 9.59 Å². The summed E-state index contributed by atoms with van der Waals surface area (Å²) in [7, 11) is 0. The maximum absolute atomic E-state index is 13.8. The van der Waals surface area contributed by atoms with Gasteiger partial charge in [0.25, 0.3) is 11.8 Å². The Morgan fingerprint density at radius 3 is 2.14 bits per heavy atom. The molecule has 21 heavy (non-hydrogen) atoms. The molecule has 0 radical (unpaired) electrons. The molecule has 4 nitrogen and oxygen atoms in total. The predicted molar refractivity (Wildman–Crippen MR) is 68.3 cm³/mol. The molecule has 3 rings (SSSR count). The van der Waals surface area contributed by atoms with Gasteiger partial charge in [-0.25, -0.2) is 18.1 Å². The highest BCUT2D eigenvalue weighted by atomic mass is 19.2. The standard InChI is InChI=1S/C14H7F3N2O2/c15-9-4-11(17)12(5-10(9)16)19-13(20)7-2-1-6(18)3-8(7)14(19)21/h1-5H,18H2. The zero-order valence-electron chi connectivity index (χ0n) is 10.4. The molecule has 2 amide bonds. The number of imide groups is 1. The van der Waals surface area contributed by atoms with Gasteiger partial charge >= 0.3 is 0 Å². The number of fused-ring (bicyclic) bond motifs is 1. The number of hydrogen-bond donors (Lipinski definition) is 1. The van der Waals surface area contributed by atoms with E-state index in [9.17, 15) is 22.8 Å². The van der Waals surface area contributed by atoms with Crippen LogP contribution >= 0.6 is 0 Å². The number of hydrogen-bond acceptors (Lipinski definition) is 3. The van der Waals surface area contributed by atoms with Crippen LogP contribution in [0.15, 0.2) is 30.3 Å². The van der Waals surface area contributed by atoms with Crippen LogP contribution < -0.4 is 10.6 Å². The average Bonchev–Trinajstić information content (AvgIpc) is 2.66. The van der Waals surface area contributed by atoms with Crippen LogP contribution in [0.2, 0.25) is 0 Å². The largest absolute Gasteiger partial charge is 0.399 e. The Morgan fingerprint density at radius 1 is 0.810 bits per heavy atom. The van der Waals surface area contributed by atoms with Gasteiger partial charge in [0.15, 0.2) is 17.5 Å². The van der Waals surface area contributed by atoms with Gasteiger partial charge in [0, 0.05) is 17.8 Å². The highest BCUT2D eigenvalue weighted by Gasteiger charge is 2.38. The van der Waals surface area contributed by atoms with Crippen molar-refractivity contribution < 1.29 is 22.8 Å². The Hall–Kier alpha value is -2.83. The van der Waals surface area contributed by atoms with E-state index >= 15 is 0 Å². The summed E-state index contributed by atoms with van der Waals surface area (Å²) in [6.07, 6.45) is 0. The predicted octanol–water partition coefficient (Wildman–Crippen LogP) is 2.49. The monoisotopic (exact) mass is 292 g/mol. The average molecular weight is 292 g/mol. The van der Waals surface area contributed by atoms with Crippen LogP contribution in [-0.4, -0.2) is 11.8 Å². The molecule has 1 aliphatic heterocycles. The van der Waals surface area contributed by atoms with E-state index in [0.717, 1.165) is 0 Å². The fourth-order valence-electron chi connectivity index (χ4n) is 2.16. The summed E-state index contributed by atoms with van der Waals surface area (Å²) in [5.74, 6) is -5.64.